The number of amides is 1. The lowest BCUT2D eigenvalue weighted by atomic mass is 9.73. The molecule has 2 aromatic rings. The third kappa shape index (κ3) is 3.40. The summed E-state index contributed by atoms with van der Waals surface area (Å²) < 4.78 is 35.3. The van der Waals surface area contributed by atoms with Crippen molar-refractivity contribution in [3.63, 3.8) is 0 Å². The molecule has 4 rings (SSSR count). The van der Waals surface area contributed by atoms with Crippen LogP contribution in [0.4, 0.5) is 25.8 Å². The number of hydrogen-bond donors (Lipinski definition) is 1. The van der Waals surface area contributed by atoms with Gasteiger partial charge in [-0.05, 0) is 25.0 Å². The molecule has 2 heterocycles. The van der Waals surface area contributed by atoms with Gasteiger partial charge in [-0.3, -0.25) is 4.79 Å². The van der Waals surface area contributed by atoms with Crippen LogP contribution in [0.25, 0.3) is 0 Å². The van der Waals surface area contributed by atoms with E-state index in [-0.39, 0.29) is 11.7 Å². The molecule has 0 saturated carbocycles. The van der Waals surface area contributed by atoms with Crippen LogP contribution in [0.3, 0.4) is 0 Å². The van der Waals surface area contributed by atoms with Crippen LogP contribution in [0, 0.1) is 17.0 Å². The Morgan fingerprint density at radius 3 is 2.39 bits per heavy atom. The Morgan fingerprint density at radius 2 is 1.81 bits per heavy atom. The number of nitrogens with two attached hydrogens (primary N) is 1. The predicted molar refractivity (Wildman–Crippen MR) is 118 cm³/mol. The van der Waals surface area contributed by atoms with Crippen molar-refractivity contribution in [1.29, 1.82) is 0 Å². The first kappa shape index (κ1) is 21.4. The molecule has 1 amide bonds. The summed E-state index contributed by atoms with van der Waals surface area (Å²) in [6, 6.07) is 8.46. The van der Waals surface area contributed by atoms with Gasteiger partial charge in [-0.1, -0.05) is 32.9 Å². The first-order chi connectivity index (χ1) is 14.6. The molecule has 7 heteroatoms. The number of carbonyl (C=O) groups excluding carboxylic acids is 1. The molecule has 0 aliphatic carbocycles. The maximum absolute atomic E-state index is 15.3. The summed E-state index contributed by atoms with van der Waals surface area (Å²) in [5, 5.41) is 0. The van der Waals surface area contributed by atoms with Gasteiger partial charge in [0, 0.05) is 42.1 Å². The van der Waals surface area contributed by atoms with Gasteiger partial charge >= 0.3 is 0 Å². The molecule has 0 atom stereocenters. The van der Waals surface area contributed by atoms with Gasteiger partial charge in [0.15, 0.2) is 11.6 Å². The monoisotopic (exact) mass is 429 g/mol. The summed E-state index contributed by atoms with van der Waals surface area (Å²) in [5.41, 5.74) is 7.27. The van der Waals surface area contributed by atoms with Crippen LogP contribution in [-0.4, -0.2) is 37.6 Å². The van der Waals surface area contributed by atoms with E-state index in [9.17, 15) is 9.18 Å². The summed E-state index contributed by atoms with van der Waals surface area (Å²) in [4.78, 5) is 16.5. The minimum Gasteiger partial charge on any atom is -0.494 e. The van der Waals surface area contributed by atoms with Crippen molar-refractivity contribution >= 4 is 23.0 Å². The molecule has 1 saturated heterocycles. The lowest BCUT2D eigenvalue weighted by Crippen LogP contribution is -2.49. The Kier molecular flexibility index (Phi) is 5.10. The lowest BCUT2D eigenvalue weighted by molar-refractivity contribution is -0.141. The second-order valence-corrected chi connectivity index (χ2v) is 9.57. The van der Waals surface area contributed by atoms with Crippen LogP contribution in [0.1, 0.15) is 39.2 Å². The minimum atomic E-state index is -0.925. The molecule has 2 N–H and O–H groups in total. The largest absolute Gasteiger partial charge is 0.494 e. The van der Waals surface area contributed by atoms with E-state index in [0.29, 0.717) is 49.4 Å². The van der Waals surface area contributed by atoms with Crippen molar-refractivity contribution in [3.05, 3.63) is 47.5 Å². The molecule has 166 valence electrons. The molecule has 2 aromatic carbocycles. The molecular formula is C24H29F2N3O2. The smallest absolute Gasteiger partial charge is 0.227 e. The molecule has 0 bridgehead atoms. The summed E-state index contributed by atoms with van der Waals surface area (Å²) in [7, 11) is 1.45. The number of piperidine rings is 1. The Bertz CT molecular complexity index is 1020. The van der Waals surface area contributed by atoms with Crippen molar-refractivity contribution in [2.75, 3.05) is 37.4 Å². The van der Waals surface area contributed by atoms with E-state index in [0.717, 1.165) is 11.8 Å². The number of benzene rings is 2. The number of methoxy groups -OCH3 is 1. The summed E-state index contributed by atoms with van der Waals surface area (Å²) >= 11 is 0. The fourth-order valence-electron chi connectivity index (χ4n) is 4.92. The number of rotatable bonds is 2. The van der Waals surface area contributed by atoms with Crippen molar-refractivity contribution in [2.24, 2.45) is 5.41 Å². The molecule has 0 radical (unpaired) electrons. The number of carbonyl (C=O) groups is 1. The number of halogens is 2. The van der Waals surface area contributed by atoms with Crippen LogP contribution in [0.15, 0.2) is 30.3 Å². The maximum atomic E-state index is 15.3. The SMILES string of the molecule is COc1cc(F)c(F)c2c1N(c1ccccc1N)CC21CCN(C(=O)C(C)(C)C)CC1. The van der Waals surface area contributed by atoms with Gasteiger partial charge in [0.05, 0.1) is 24.2 Å². The van der Waals surface area contributed by atoms with E-state index in [1.54, 1.807) is 6.07 Å². The first-order valence-electron chi connectivity index (χ1n) is 10.6. The Morgan fingerprint density at radius 1 is 1.16 bits per heavy atom. The van der Waals surface area contributed by atoms with Crippen LogP contribution in [-0.2, 0) is 10.2 Å². The van der Waals surface area contributed by atoms with Crippen molar-refractivity contribution in [1.82, 2.24) is 4.90 Å². The van der Waals surface area contributed by atoms with Crippen LogP contribution >= 0.6 is 0 Å². The predicted octanol–water partition coefficient (Wildman–Crippen LogP) is 4.61. The van der Waals surface area contributed by atoms with Gasteiger partial charge in [0.25, 0.3) is 0 Å². The minimum absolute atomic E-state index is 0.0713. The number of ether oxygens (including phenoxy) is 1. The van der Waals surface area contributed by atoms with Crippen LogP contribution in [0.5, 0.6) is 5.75 Å². The van der Waals surface area contributed by atoms with Gasteiger partial charge in [0.2, 0.25) is 5.91 Å². The molecule has 0 unspecified atom stereocenters. The number of nitrogens with zero attached hydrogens (tertiary/aromatic N) is 2. The Hall–Kier alpha value is -2.83. The highest BCUT2D eigenvalue weighted by molar-refractivity contribution is 5.84. The van der Waals surface area contributed by atoms with Crippen LogP contribution in [0.2, 0.25) is 0 Å². The van der Waals surface area contributed by atoms with Gasteiger partial charge < -0.3 is 20.3 Å². The van der Waals surface area contributed by atoms with Gasteiger partial charge in [-0.25, -0.2) is 8.78 Å². The van der Waals surface area contributed by atoms with Gasteiger partial charge in [0.1, 0.15) is 5.75 Å². The zero-order valence-electron chi connectivity index (χ0n) is 18.5. The highest BCUT2D eigenvalue weighted by atomic mass is 19.2. The molecule has 1 fully saturated rings. The van der Waals surface area contributed by atoms with Gasteiger partial charge in [-0.15, -0.1) is 0 Å². The molecular weight excluding hydrogens is 400 g/mol. The summed E-state index contributed by atoms with van der Waals surface area (Å²) in [5.74, 6) is -1.42. The summed E-state index contributed by atoms with van der Waals surface area (Å²) in [6.07, 6.45) is 1.07. The number of hydrogen-bond acceptors (Lipinski definition) is 4. The van der Waals surface area contributed by atoms with E-state index in [1.807, 2.05) is 48.8 Å². The van der Waals surface area contributed by atoms with Gasteiger partial charge in [-0.2, -0.15) is 0 Å². The van der Waals surface area contributed by atoms with E-state index < -0.39 is 22.5 Å². The number of fused-ring (bicyclic) bond motifs is 2. The van der Waals surface area contributed by atoms with Crippen molar-refractivity contribution in [2.45, 2.75) is 39.0 Å². The third-order valence-electron chi connectivity index (χ3n) is 6.52. The normalized spacial score (nSPS) is 17.7. The standard InChI is InChI=1S/C24H29F2N3O2/c1-23(2,3)22(30)28-11-9-24(10-12-28)14-29(17-8-6-5-7-16(17)27)21-18(31-4)13-15(25)20(26)19(21)24/h5-8,13H,9-12,14,27H2,1-4H3. The number of anilines is 3. The average molecular weight is 430 g/mol. The zero-order valence-corrected chi connectivity index (χ0v) is 18.5. The first-order valence-corrected chi connectivity index (χ1v) is 10.6. The number of nitrogen functional groups attached to an aromatic ring is 1. The van der Waals surface area contributed by atoms with E-state index in [4.69, 9.17) is 10.5 Å². The lowest BCUT2D eigenvalue weighted by Gasteiger charge is -2.42. The van der Waals surface area contributed by atoms with Crippen molar-refractivity contribution in [3.8, 4) is 5.75 Å². The van der Waals surface area contributed by atoms with Crippen LogP contribution < -0.4 is 15.4 Å². The molecule has 1 spiro atoms. The topological polar surface area (TPSA) is 58.8 Å². The second-order valence-electron chi connectivity index (χ2n) is 9.57. The Labute approximate surface area is 181 Å². The van der Waals surface area contributed by atoms with E-state index in [2.05, 4.69) is 0 Å². The highest BCUT2D eigenvalue weighted by Gasteiger charge is 2.50. The second kappa shape index (κ2) is 7.39. The zero-order chi connectivity index (χ0) is 22.6. The third-order valence-corrected chi connectivity index (χ3v) is 6.52. The quantitative estimate of drug-likeness (QED) is 0.708. The highest BCUT2D eigenvalue weighted by Crippen LogP contribution is 2.55. The maximum Gasteiger partial charge on any atom is 0.227 e. The molecule has 5 nitrogen and oxygen atoms in total. The van der Waals surface area contributed by atoms with E-state index >= 15 is 4.39 Å². The Balaban J connectivity index is 1.80. The summed E-state index contributed by atoms with van der Waals surface area (Å²) in [6.45, 7) is 7.11. The number of likely N-dealkylation sites (tertiary alicyclic amines) is 1. The number of para-hydroxylation sites is 2. The molecule has 0 aromatic heterocycles. The molecule has 2 aliphatic rings. The molecule has 2 aliphatic heterocycles. The van der Waals surface area contributed by atoms with Crippen molar-refractivity contribution < 1.29 is 18.3 Å². The fraction of sp³-hybridized carbons (Fsp3) is 0.458. The molecule has 31 heavy (non-hydrogen) atoms. The average Bonchev–Trinajstić information content (AvgIpc) is 3.05. The van der Waals surface area contributed by atoms with E-state index in [1.165, 1.54) is 7.11 Å². The fourth-order valence-corrected chi connectivity index (χ4v) is 4.92.